The van der Waals surface area contributed by atoms with Crippen molar-refractivity contribution in [3.8, 4) is 0 Å². The van der Waals surface area contributed by atoms with Crippen molar-refractivity contribution in [3.05, 3.63) is 45.6 Å². The standard InChI is InChI=1S/C16H20N2O3S2/c1-4-14-11(3)10-15(22-14)16(19)17-12-6-8-13(9-7-12)18-23(20,21)5-2/h6-10,18H,4-5H2,1-3H3,(H,17,19). The van der Waals surface area contributed by atoms with Gasteiger partial charge >= 0.3 is 0 Å². The molecule has 0 spiro atoms. The van der Waals surface area contributed by atoms with Crippen LogP contribution in [-0.2, 0) is 16.4 Å². The first kappa shape index (κ1) is 17.5. The minimum atomic E-state index is -3.29. The molecule has 0 aliphatic rings. The number of nitrogens with one attached hydrogen (secondary N) is 2. The maximum atomic E-state index is 12.2. The van der Waals surface area contributed by atoms with Crippen molar-refractivity contribution in [1.82, 2.24) is 0 Å². The summed E-state index contributed by atoms with van der Waals surface area (Å²) in [5, 5.41) is 2.82. The van der Waals surface area contributed by atoms with Gasteiger partial charge in [-0.15, -0.1) is 11.3 Å². The lowest BCUT2D eigenvalue weighted by Crippen LogP contribution is -2.14. The highest BCUT2D eigenvalue weighted by molar-refractivity contribution is 7.92. The number of hydrogen-bond donors (Lipinski definition) is 2. The number of carbonyl (C=O) groups is 1. The monoisotopic (exact) mass is 352 g/mol. The van der Waals surface area contributed by atoms with Gasteiger partial charge in [-0.05, 0) is 56.2 Å². The van der Waals surface area contributed by atoms with Crippen molar-refractivity contribution in [1.29, 1.82) is 0 Å². The molecular formula is C16H20N2O3S2. The summed E-state index contributed by atoms with van der Waals surface area (Å²) in [7, 11) is -3.29. The van der Waals surface area contributed by atoms with Gasteiger partial charge in [0.25, 0.3) is 5.91 Å². The Hall–Kier alpha value is -1.86. The van der Waals surface area contributed by atoms with E-state index in [0.29, 0.717) is 16.3 Å². The molecule has 2 aromatic rings. The summed E-state index contributed by atoms with van der Waals surface area (Å²) < 4.78 is 25.5. The molecule has 2 rings (SSSR count). The third-order valence-electron chi connectivity index (χ3n) is 3.36. The van der Waals surface area contributed by atoms with E-state index in [1.165, 1.54) is 16.2 Å². The molecule has 7 heteroatoms. The third kappa shape index (κ3) is 4.56. The first-order chi connectivity index (χ1) is 10.8. The van der Waals surface area contributed by atoms with Crippen molar-refractivity contribution >= 4 is 38.6 Å². The van der Waals surface area contributed by atoms with Crippen LogP contribution in [0.1, 0.15) is 34.0 Å². The van der Waals surface area contributed by atoms with E-state index in [0.717, 1.165) is 12.0 Å². The molecule has 0 bridgehead atoms. The molecule has 0 saturated carbocycles. The van der Waals surface area contributed by atoms with Crippen LogP contribution < -0.4 is 10.0 Å². The summed E-state index contributed by atoms with van der Waals surface area (Å²) in [4.78, 5) is 14.1. The van der Waals surface area contributed by atoms with Crippen molar-refractivity contribution in [3.63, 3.8) is 0 Å². The van der Waals surface area contributed by atoms with Crippen LogP contribution >= 0.6 is 11.3 Å². The van der Waals surface area contributed by atoms with Crippen LogP contribution in [0.2, 0.25) is 0 Å². The Labute approximate surface area is 140 Å². The average molecular weight is 352 g/mol. The topological polar surface area (TPSA) is 75.3 Å². The Morgan fingerprint density at radius 3 is 2.26 bits per heavy atom. The molecule has 0 saturated heterocycles. The van der Waals surface area contributed by atoms with Gasteiger partial charge in [0.05, 0.1) is 10.6 Å². The van der Waals surface area contributed by atoms with E-state index in [-0.39, 0.29) is 11.7 Å². The van der Waals surface area contributed by atoms with E-state index >= 15 is 0 Å². The van der Waals surface area contributed by atoms with Crippen molar-refractivity contribution in [2.45, 2.75) is 27.2 Å². The fraction of sp³-hybridized carbons (Fsp3) is 0.312. The Morgan fingerprint density at radius 1 is 1.13 bits per heavy atom. The maximum Gasteiger partial charge on any atom is 0.265 e. The van der Waals surface area contributed by atoms with Gasteiger partial charge in [0.1, 0.15) is 0 Å². The van der Waals surface area contributed by atoms with E-state index in [4.69, 9.17) is 0 Å². The minimum absolute atomic E-state index is 0.0168. The second-order valence-electron chi connectivity index (χ2n) is 5.11. The number of thiophene rings is 1. The zero-order valence-electron chi connectivity index (χ0n) is 13.3. The number of hydrogen-bond acceptors (Lipinski definition) is 4. The zero-order valence-corrected chi connectivity index (χ0v) is 15.0. The number of rotatable bonds is 6. The van der Waals surface area contributed by atoms with Gasteiger partial charge in [-0.1, -0.05) is 6.92 Å². The van der Waals surface area contributed by atoms with Crippen LogP contribution in [0.4, 0.5) is 11.4 Å². The van der Waals surface area contributed by atoms with Crippen LogP contribution in [-0.4, -0.2) is 20.1 Å². The van der Waals surface area contributed by atoms with E-state index in [1.54, 1.807) is 31.2 Å². The van der Waals surface area contributed by atoms with E-state index in [1.807, 2.05) is 13.0 Å². The molecule has 124 valence electrons. The highest BCUT2D eigenvalue weighted by Crippen LogP contribution is 2.23. The van der Waals surface area contributed by atoms with Gasteiger partial charge in [0, 0.05) is 16.3 Å². The molecule has 0 atom stereocenters. The van der Waals surface area contributed by atoms with Crippen LogP contribution in [0, 0.1) is 6.92 Å². The quantitative estimate of drug-likeness (QED) is 0.833. The molecule has 0 unspecified atom stereocenters. The molecule has 5 nitrogen and oxygen atoms in total. The Balaban J connectivity index is 2.07. The maximum absolute atomic E-state index is 12.2. The van der Waals surface area contributed by atoms with Gasteiger partial charge in [-0.3, -0.25) is 9.52 Å². The van der Waals surface area contributed by atoms with Crippen LogP contribution in [0.5, 0.6) is 0 Å². The molecular weight excluding hydrogens is 332 g/mol. The number of aryl methyl sites for hydroxylation is 2. The largest absolute Gasteiger partial charge is 0.321 e. The van der Waals surface area contributed by atoms with E-state index < -0.39 is 10.0 Å². The van der Waals surface area contributed by atoms with Gasteiger partial charge in [-0.2, -0.15) is 0 Å². The molecule has 1 heterocycles. The smallest absolute Gasteiger partial charge is 0.265 e. The van der Waals surface area contributed by atoms with Crippen LogP contribution in [0.25, 0.3) is 0 Å². The Kier molecular flexibility index (Phi) is 5.43. The molecule has 0 radical (unpaired) electrons. The average Bonchev–Trinajstić information content (AvgIpc) is 2.90. The van der Waals surface area contributed by atoms with Crippen LogP contribution in [0.3, 0.4) is 0 Å². The van der Waals surface area contributed by atoms with Crippen molar-refractivity contribution in [2.75, 3.05) is 15.8 Å². The van der Waals surface area contributed by atoms with Gasteiger partial charge in [0.15, 0.2) is 0 Å². The van der Waals surface area contributed by atoms with Gasteiger partial charge in [-0.25, -0.2) is 8.42 Å². The van der Waals surface area contributed by atoms with E-state index in [2.05, 4.69) is 17.0 Å². The molecule has 0 aliphatic heterocycles. The summed E-state index contributed by atoms with van der Waals surface area (Å²) in [5.74, 6) is -0.136. The summed E-state index contributed by atoms with van der Waals surface area (Å²) in [6, 6.07) is 8.49. The lowest BCUT2D eigenvalue weighted by molar-refractivity contribution is 0.103. The first-order valence-corrected chi connectivity index (χ1v) is 9.82. The van der Waals surface area contributed by atoms with Gasteiger partial charge < -0.3 is 5.32 Å². The lowest BCUT2D eigenvalue weighted by Gasteiger charge is -2.07. The number of carbonyl (C=O) groups excluding carboxylic acids is 1. The molecule has 2 N–H and O–H groups in total. The lowest BCUT2D eigenvalue weighted by atomic mass is 10.2. The molecule has 1 aromatic heterocycles. The minimum Gasteiger partial charge on any atom is -0.321 e. The number of benzene rings is 1. The third-order valence-corrected chi connectivity index (χ3v) is 6.05. The summed E-state index contributed by atoms with van der Waals surface area (Å²) in [5.41, 5.74) is 2.23. The number of sulfonamides is 1. The second kappa shape index (κ2) is 7.14. The molecule has 1 aromatic carbocycles. The molecule has 0 fully saturated rings. The predicted molar refractivity (Wildman–Crippen MR) is 95.9 cm³/mol. The van der Waals surface area contributed by atoms with Crippen molar-refractivity contribution < 1.29 is 13.2 Å². The predicted octanol–water partition coefficient (Wildman–Crippen LogP) is 3.63. The van der Waals surface area contributed by atoms with Gasteiger partial charge in [0.2, 0.25) is 10.0 Å². The summed E-state index contributed by atoms with van der Waals surface area (Å²) in [6.07, 6.45) is 0.913. The van der Waals surface area contributed by atoms with Crippen LogP contribution in [0.15, 0.2) is 30.3 Å². The highest BCUT2D eigenvalue weighted by atomic mass is 32.2. The fourth-order valence-corrected chi connectivity index (χ4v) is 3.70. The molecule has 0 aliphatic carbocycles. The van der Waals surface area contributed by atoms with Crippen molar-refractivity contribution in [2.24, 2.45) is 0 Å². The Bertz CT molecular complexity index is 793. The summed E-state index contributed by atoms with van der Waals surface area (Å²) >= 11 is 1.50. The number of anilines is 2. The summed E-state index contributed by atoms with van der Waals surface area (Å²) in [6.45, 7) is 5.64. The fourth-order valence-electron chi connectivity index (χ4n) is 2.05. The highest BCUT2D eigenvalue weighted by Gasteiger charge is 2.12. The van der Waals surface area contributed by atoms with E-state index in [9.17, 15) is 13.2 Å². The first-order valence-electron chi connectivity index (χ1n) is 7.35. The molecule has 23 heavy (non-hydrogen) atoms. The molecule has 1 amide bonds. The number of amides is 1. The zero-order chi connectivity index (χ0) is 17.0. The normalized spacial score (nSPS) is 11.3. The SMILES string of the molecule is CCc1sc(C(=O)Nc2ccc(NS(=O)(=O)CC)cc2)cc1C. The second-order valence-corrected chi connectivity index (χ2v) is 8.26. The Morgan fingerprint density at radius 2 is 1.74 bits per heavy atom.